The number of benzene rings is 3. The Morgan fingerprint density at radius 3 is 2.31 bits per heavy atom. The first-order valence-electron chi connectivity index (χ1n) is 12.7. The zero-order valence-corrected chi connectivity index (χ0v) is 21.9. The molecule has 0 aliphatic heterocycles. The number of hydrogen-bond donors (Lipinski definition) is 3. The van der Waals surface area contributed by atoms with Crippen LogP contribution in [0.25, 0.3) is 11.1 Å². The van der Waals surface area contributed by atoms with Gasteiger partial charge in [0, 0.05) is 12.1 Å². The number of nitrogens with one attached hydrogen (secondary N) is 1. The van der Waals surface area contributed by atoms with Gasteiger partial charge in [-0.2, -0.15) is 0 Å². The molecule has 3 aromatic rings. The SMILES string of the molecule is CCc1ccc(CC(C)(C)NC[C@@H](O)COCCc2c(-c3ccccc3)ccc(C(=O)O)c2C)cc1. The van der Waals surface area contributed by atoms with Gasteiger partial charge in [-0.25, -0.2) is 4.79 Å². The molecule has 3 aromatic carbocycles. The lowest BCUT2D eigenvalue weighted by atomic mass is 9.91. The molecule has 0 heterocycles. The lowest BCUT2D eigenvalue weighted by Gasteiger charge is -2.28. The number of aliphatic hydroxyl groups excluding tert-OH is 1. The Kier molecular flexibility index (Phi) is 9.82. The molecule has 0 aliphatic carbocycles. The molecule has 0 amide bonds. The summed E-state index contributed by atoms with van der Waals surface area (Å²) in [6.07, 6.45) is 1.83. The molecule has 0 spiro atoms. The molecular formula is C31H39NO4. The topological polar surface area (TPSA) is 78.8 Å². The average molecular weight is 490 g/mol. The first-order valence-corrected chi connectivity index (χ1v) is 12.7. The van der Waals surface area contributed by atoms with Crippen molar-refractivity contribution < 1.29 is 19.7 Å². The quantitative estimate of drug-likeness (QED) is 0.278. The smallest absolute Gasteiger partial charge is 0.335 e. The standard InChI is InChI=1S/C31H39NO4/c1-5-23-11-13-24(14-12-23)19-31(3,4)32-20-26(33)21-36-18-17-27-22(2)28(30(34)35)15-16-29(27)25-9-7-6-8-10-25/h6-16,26,32-33H,5,17-21H2,1-4H3,(H,34,35)/t26-/m1/s1. The third kappa shape index (κ3) is 7.76. The number of β-amino-alcohol motifs (C(OH)–C–C–N with tert-alkyl or cyclic N) is 1. The Balaban J connectivity index is 1.53. The minimum absolute atomic E-state index is 0.159. The van der Waals surface area contributed by atoms with Crippen LogP contribution in [-0.4, -0.2) is 47.6 Å². The highest BCUT2D eigenvalue weighted by Crippen LogP contribution is 2.29. The summed E-state index contributed by atoms with van der Waals surface area (Å²) < 4.78 is 5.82. The van der Waals surface area contributed by atoms with Crippen molar-refractivity contribution in [3.8, 4) is 11.1 Å². The molecule has 1 atom stereocenters. The normalized spacial score (nSPS) is 12.5. The summed E-state index contributed by atoms with van der Waals surface area (Å²) in [5.41, 5.74) is 6.52. The summed E-state index contributed by atoms with van der Waals surface area (Å²) in [5, 5.41) is 23.5. The van der Waals surface area contributed by atoms with Gasteiger partial charge in [0.05, 0.1) is 24.9 Å². The highest BCUT2D eigenvalue weighted by Gasteiger charge is 2.20. The first-order chi connectivity index (χ1) is 17.2. The molecule has 5 nitrogen and oxygen atoms in total. The number of carboxylic acids is 1. The molecule has 36 heavy (non-hydrogen) atoms. The predicted molar refractivity (Wildman–Crippen MR) is 146 cm³/mol. The third-order valence-electron chi connectivity index (χ3n) is 6.61. The van der Waals surface area contributed by atoms with Crippen molar-refractivity contribution in [2.45, 2.75) is 58.6 Å². The molecule has 192 valence electrons. The van der Waals surface area contributed by atoms with Crippen molar-refractivity contribution in [2.24, 2.45) is 0 Å². The van der Waals surface area contributed by atoms with Gasteiger partial charge in [0.2, 0.25) is 0 Å². The van der Waals surface area contributed by atoms with Crippen LogP contribution < -0.4 is 5.32 Å². The van der Waals surface area contributed by atoms with E-state index in [1.165, 1.54) is 11.1 Å². The molecular weight excluding hydrogens is 450 g/mol. The second kappa shape index (κ2) is 12.8. The molecule has 0 saturated carbocycles. The first kappa shape index (κ1) is 27.6. The van der Waals surface area contributed by atoms with E-state index in [9.17, 15) is 15.0 Å². The Hall–Kier alpha value is -2.99. The van der Waals surface area contributed by atoms with Gasteiger partial charge in [0.25, 0.3) is 0 Å². The number of rotatable bonds is 13. The van der Waals surface area contributed by atoms with E-state index < -0.39 is 12.1 Å². The number of aliphatic hydroxyl groups is 1. The molecule has 0 aromatic heterocycles. The van der Waals surface area contributed by atoms with Crippen LogP contribution in [0, 0.1) is 6.92 Å². The maximum atomic E-state index is 11.7. The van der Waals surface area contributed by atoms with Gasteiger partial charge in [0.15, 0.2) is 0 Å². The number of hydrogen-bond acceptors (Lipinski definition) is 4. The van der Waals surface area contributed by atoms with E-state index >= 15 is 0 Å². The maximum Gasteiger partial charge on any atom is 0.335 e. The fraction of sp³-hybridized carbons (Fsp3) is 0.387. The Bertz CT molecular complexity index is 1120. The zero-order chi connectivity index (χ0) is 26.1. The number of aryl methyl sites for hydroxylation is 1. The van der Waals surface area contributed by atoms with Gasteiger partial charge >= 0.3 is 5.97 Å². The largest absolute Gasteiger partial charge is 0.478 e. The molecule has 0 radical (unpaired) electrons. The highest BCUT2D eigenvalue weighted by molar-refractivity contribution is 5.91. The van der Waals surface area contributed by atoms with Crippen LogP contribution >= 0.6 is 0 Å². The van der Waals surface area contributed by atoms with Gasteiger partial charge < -0.3 is 20.3 Å². The summed E-state index contributed by atoms with van der Waals surface area (Å²) in [4.78, 5) is 11.7. The predicted octanol–water partition coefficient (Wildman–Crippen LogP) is 5.45. The van der Waals surface area contributed by atoms with Gasteiger partial charge in [-0.1, -0.05) is 67.6 Å². The molecule has 0 aliphatic rings. The van der Waals surface area contributed by atoms with Crippen LogP contribution in [0.1, 0.15) is 53.4 Å². The van der Waals surface area contributed by atoms with Gasteiger partial charge in [0.1, 0.15) is 0 Å². The number of carboxylic acid groups (broad SMARTS) is 1. The fourth-order valence-electron chi connectivity index (χ4n) is 4.51. The monoisotopic (exact) mass is 489 g/mol. The average Bonchev–Trinajstić information content (AvgIpc) is 2.86. The molecule has 3 N–H and O–H groups in total. The van der Waals surface area contributed by atoms with Gasteiger partial charge in [-0.3, -0.25) is 0 Å². The Labute approximate surface area is 215 Å². The van der Waals surface area contributed by atoms with Crippen molar-refractivity contribution in [3.05, 3.63) is 94.5 Å². The van der Waals surface area contributed by atoms with E-state index in [2.05, 4.69) is 50.4 Å². The summed E-state index contributed by atoms with van der Waals surface area (Å²) in [5.74, 6) is -0.931. The van der Waals surface area contributed by atoms with Crippen LogP contribution in [0.2, 0.25) is 0 Å². The van der Waals surface area contributed by atoms with Crippen LogP contribution in [0.3, 0.4) is 0 Å². The van der Waals surface area contributed by atoms with Crippen LogP contribution in [0.4, 0.5) is 0 Å². The molecule has 0 saturated heterocycles. The summed E-state index contributed by atoms with van der Waals surface area (Å²) in [6.45, 7) is 9.32. The van der Waals surface area contributed by atoms with Crippen LogP contribution in [0.5, 0.6) is 0 Å². The van der Waals surface area contributed by atoms with Crippen molar-refractivity contribution in [1.29, 1.82) is 0 Å². The third-order valence-corrected chi connectivity index (χ3v) is 6.61. The maximum absolute atomic E-state index is 11.7. The second-order valence-corrected chi connectivity index (χ2v) is 10.0. The second-order valence-electron chi connectivity index (χ2n) is 10.0. The van der Waals surface area contributed by atoms with Crippen molar-refractivity contribution in [3.63, 3.8) is 0 Å². The lowest BCUT2D eigenvalue weighted by molar-refractivity contribution is 0.0348. The molecule has 3 rings (SSSR count). The minimum atomic E-state index is -0.931. The minimum Gasteiger partial charge on any atom is -0.478 e. The van der Waals surface area contributed by atoms with Gasteiger partial charge in [-0.05, 0) is 79.5 Å². The molecule has 5 heteroatoms. The number of carbonyl (C=O) groups is 1. The molecule has 0 fully saturated rings. The highest BCUT2D eigenvalue weighted by atomic mass is 16.5. The van der Waals surface area contributed by atoms with E-state index in [-0.39, 0.29) is 12.1 Å². The number of ether oxygens (including phenoxy) is 1. The molecule has 0 unspecified atom stereocenters. The number of aromatic carboxylic acids is 1. The molecule has 0 bridgehead atoms. The zero-order valence-electron chi connectivity index (χ0n) is 21.9. The van der Waals surface area contributed by atoms with Crippen molar-refractivity contribution in [2.75, 3.05) is 19.8 Å². The summed E-state index contributed by atoms with van der Waals surface area (Å²) in [6, 6.07) is 22.2. The van der Waals surface area contributed by atoms with E-state index in [4.69, 9.17) is 4.74 Å². The van der Waals surface area contributed by atoms with Crippen LogP contribution in [-0.2, 0) is 24.0 Å². The lowest BCUT2D eigenvalue weighted by Crippen LogP contribution is -2.46. The van der Waals surface area contributed by atoms with E-state index in [1.54, 1.807) is 6.07 Å². The van der Waals surface area contributed by atoms with E-state index in [0.717, 1.165) is 35.1 Å². The van der Waals surface area contributed by atoms with E-state index in [0.29, 0.717) is 25.1 Å². The van der Waals surface area contributed by atoms with Gasteiger partial charge in [-0.15, -0.1) is 0 Å². The van der Waals surface area contributed by atoms with Crippen LogP contribution in [0.15, 0.2) is 66.7 Å². The Morgan fingerprint density at radius 2 is 1.67 bits per heavy atom. The van der Waals surface area contributed by atoms with Crippen molar-refractivity contribution in [1.82, 2.24) is 5.32 Å². The summed E-state index contributed by atoms with van der Waals surface area (Å²) in [7, 11) is 0. The fourth-order valence-corrected chi connectivity index (χ4v) is 4.51. The van der Waals surface area contributed by atoms with Crippen molar-refractivity contribution >= 4 is 5.97 Å². The Morgan fingerprint density at radius 1 is 1.00 bits per heavy atom. The summed E-state index contributed by atoms with van der Waals surface area (Å²) >= 11 is 0. The van der Waals surface area contributed by atoms with E-state index in [1.807, 2.05) is 43.3 Å².